The number of hydrogen-bond donors (Lipinski definition) is 2. The maximum atomic E-state index is 12.7. The first-order valence-electron chi connectivity index (χ1n) is 10.1. The smallest absolute Gasteiger partial charge is 0.238 e. The number of piperazine rings is 1. The number of amides is 1. The predicted octanol–water partition coefficient (Wildman–Crippen LogP) is 4.30. The minimum absolute atomic E-state index is 0.00730. The van der Waals surface area contributed by atoms with Gasteiger partial charge >= 0.3 is 0 Å². The molecule has 0 aromatic heterocycles. The second-order valence-electron chi connectivity index (χ2n) is 7.21. The van der Waals surface area contributed by atoms with E-state index in [0.29, 0.717) is 12.3 Å². The highest BCUT2D eigenvalue weighted by Crippen LogP contribution is 2.33. The zero-order chi connectivity index (χ0) is 20.8. The molecule has 30 heavy (non-hydrogen) atoms. The number of para-hydroxylation sites is 3. The maximum absolute atomic E-state index is 12.7. The fraction of sp³-hybridized carbons (Fsp3) is 0.208. The first-order chi connectivity index (χ1) is 14.7. The van der Waals surface area contributed by atoms with Crippen molar-refractivity contribution in [1.29, 1.82) is 0 Å². The Kier molecular flexibility index (Phi) is 6.57. The Morgan fingerprint density at radius 2 is 1.53 bits per heavy atom. The summed E-state index contributed by atoms with van der Waals surface area (Å²) in [5.41, 5.74) is 1.69. The van der Waals surface area contributed by atoms with Crippen molar-refractivity contribution in [3.63, 3.8) is 0 Å². The third-order valence-electron chi connectivity index (χ3n) is 5.09. The Labute approximate surface area is 181 Å². The third kappa shape index (κ3) is 5.14. The summed E-state index contributed by atoms with van der Waals surface area (Å²) in [7, 11) is 0. The second-order valence-corrected chi connectivity index (χ2v) is 8.33. The van der Waals surface area contributed by atoms with Gasteiger partial charge in [0, 0.05) is 36.0 Å². The number of rotatable bonds is 6. The van der Waals surface area contributed by atoms with Gasteiger partial charge in [0.25, 0.3) is 0 Å². The van der Waals surface area contributed by atoms with Crippen molar-refractivity contribution in [3.8, 4) is 5.75 Å². The van der Waals surface area contributed by atoms with Gasteiger partial charge in [-0.1, -0.05) is 54.2 Å². The SMILES string of the molecule is O=C(CN1CCN(c2ccccc2O)CC1)Nc1ccccc1Sc1ccccc1. The van der Waals surface area contributed by atoms with E-state index in [1.54, 1.807) is 17.8 Å². The quantitative estimate of drug-likeness (QED) is 0.624. The number of carbonyl (C=O) groups excluding carboxylic acids is 1. The molecule has 1 saturated heterocycles. The average Bonchev–Trinajstić information content (AvgIpc) is 2.77. The van der Waals surface area contributed by atoms with Crippen LogP contribution in [-0.4, -0.2) is 48.6 Å². The summed E-state index contributed by atoms with van der Waals surface area (Å²) >= 11 is 1.64. The first kappa shape index (κ1) is 20.3. The molecule has 0 unspecified atom stereocenters. The molecule has 0 radical (unpaired) electrons. The van der Waals surface area contributed by atoms with Crippen molar-refractivity contribution < 1.29 is 9.90 Å². The van der Waals surface area contributed by atoms with Gasteiger partial charge in [0.1, 0.15) is 5.75 Å². The highest BCUT2D eigenvalue weighted by molar-refractivity contribution is 7.99. The lowest BCUT2D eigenvalue weighted by molar-refractivity contribution is -0.117. The summed E-state index contributed by atoms with van der Waals surface area (Å²) < 4.78 is 0. The molecule has 4 rings (SSSR count). The highest BCUT2D eigenvalue weighted by atomic mass is 32.2. The van der Waals surface area contributed by atoms with Gasteiger partial charge in [-0.2, -0.15) is 0 Å². The van der Waals surface area contributed by atoms with E-state index in [0.717, 1.165) is 47.3 Å². The molecule has 1 amide bonds. The van der Waals surface area contributed by atoms with Gasteiger partial charge in [-0.15, -0.1) is 0 Å². The van der Waals surface area contributed by atoms with Crippen LogP contribution in [0.5, 0.6) is 5.75 Å². The molecule has 154 valence electrons. The van der Waals surface area contributed by atoms with E-state index in [9.17, 15) is 9.90 Å². The zero-order valence-electron chi connectivity index (χ0n) is 16.7. The molecular weight excluding hydrogens is 394 g/mol. The molecule has 1 fully saturated rings. The standard InChI is InChI=1S/C24H25N3O2S/c28-22-12-6-5-11-21(22)27-16-14-26(15-17-27)18-24(29)25-20-10-4-7-13-23(20)30-19-8-2-1-3-9-19/h1-13,28H,14-18H2,(H,25,29). The lowest BCUT2D eigenvalue weighted by atomic mass is 10.2. The van der Waals surface area contributed by atoms with E-state index < -0.39 is 0 Å². The van der Waals surface area contributed by atoms with Crippen molar-refractivity contribution in [1.82, 2.24) is 4.90 Å². The molecule has 1 heterocycles. The molecule has 0 aliphatic carbocycles. The fourth-order valence-corrected chi connectivity index (χ4v) is 4.47. The maximum Gasteiger partial charge on any atom is 0.238 e. The Balaban J connectivity index is 1.32. The van der Waals surface area contributed by atoms with Crippen molar-refractivity contribution in [2.24, 2.45) is 0 Å². The molecule has 0 atom stereocenters. The second kappa shape index (κ2) is 9.69. The van der Waals surface area contributed by atoms with Gasteiger partial charge in [0.05, 0.1) is 17.9 Å². The molecule has 0 bridgehead atoms. The van der Waals surface area contributed by atoms with Crippen LogP contribution in [0.15, 0.2) is 88.7 Å². The molecule has 0 spiro atoms. The van der Waals surface area contributed by atoms with Crippen LogP contribution in [0.25, 0.3) is 0 Å². The zero-order valence-corrected chi connectivity index (χ0v) is 17.5. The Morgan fingerprint density at radius 1 is 0.867 bits per heavy atom. The molecule has 1 aliphatic rings. The number of phenolic OH excluding ortho intramolecular Hbond substituents is 1. The van der Waals surface area contributed by atoms with Crippen molar-refractivity contribution in [2.45, 2.75) is 9.79 Å². The van der Waals surface area contributed by atoms with Crippen molar-refractivity contribution in [2.75, 3.05) is 42.9 Å². The Hall–Kier alpha value is -2.96. The van der Waals surface area contributed by atoms with Gasteiger partial charge in [0.15, 0.2) is 0 Å². The van der Waals surface area contributed by atoms with Gasteiger partial charge in [0.2, 0.25) is 5.91 Å². The predicted molar refractivity (Wildman–Crippen MR) is 122 cm³/mol. The summed E-state index contributed by atoms with van der Waals surface area (Å²) in [6.07, 6.45) is 0. The van der Waals surface area contributed by atoms with Crippen LogP contribution in [-0.2, 0) is 4.79 Å². The summed E-state index contributed by atoms with van der Waals surface area (Å²) in [6, 6.07) is 25.4. The van der Waals surface area contributed by atoms with Gasteiger partial charge in [-0.25, -0.2) is 0 Å². The number of anilines is 2. The number of benzene rings is 3. The van der Waals surface area contributed by atoms with Crippen LogP contribution in [0, 0.1) is 0 Å². The summed E-state index contributed by atoms with van der Waals surface area (Å²) in [6.45, 7) is 3.49. The number of aromatic hydroxyl groups is 1. The molecule has 0 saturated carbocycles. The van der Waals surface area contributed by atoms with Crippen LogP contribution in [0.3, 0.4) is 0 Å². The van der Waals surface area contributed by atoms with E-state index >= 15 is 0 Å². The van der Waals surface area contributed by atoms with Crippen LogP contribution >= 0.6 is 11.8 Å². The normalized spacial score (nSPS) is 14.5. The van der Waals surface area contributed by atoms with Crippen LogP contribution in [0.4, 0.5) is 11.4 Å². The summed E-state index contributed by atoms with van der Waals surface area (Å²) in [5, 5.41) is 13.1. The fourth-order valence-electron chi connectivity index (χ4n) is 3.55. The van der Waals surface area contributed by atoms with E-state index in [-0.39, 0.29) is 5.91 Å². The largest absolute Gasteiger partial charge is 0.506 e. The number of hydrogen-bond acceptors (Lipinski definition) is 5. The minimum atomic E-state index is -0.00730. The average molecular weight is 420 g/mol. The van der Waals surface area contributed by atoms with Crippen molar-refractivity contribution >= 4 is 29.0 Å². The van der Waals surface area contributed by atoms with Crippen LogP contribution in [0.1, 0.15) is 0 Å². The molecule has 2 N–H and O–H groups in total. The van der Waals surface area contributed by atoms with E-state index in [1.165, 1.54) is 0 Å². The molecule has 6 heteroatoms. The molecule has 3 aromatic rings. The van der Waals surface area contributed by atoms with E-state index in [2.05, 4.69) is 27.2 Å². The van der Waals surface area contributed by atoms with E-state index in [1.807, 2.05) is 60.7 Å². The lowest BCUT2D eigenvalue weighted by Crippen LogP contribution is -2.48. The number of phenols is 1. The summed E-state index contributed by atoms with van der Waals surface area (Å²) in [5.74, 6) is 0.295. The number of nitrogens with zero attached hydrogens (tertiary/aromatic N) is 2. The minimum Gasteiger partial charge on any atom is -0.506 e. The molecular formula is C24H25N3O2S. The van der Waals surface area contributed by atoms with Gasteiger partial charge < -0.3 is 15.3 Å². The van der Waals surface area contributed by atoms with Crippen molar-refractivity contribution in [3.05, 3.63) is 78.9 Å². The van der Waals surface area contributed by atoms with Gasteiger partial charge in [-0.05, 0) is 36.4 Å². The molecule has 5 nitrogen and oxygen atoms in total. The lowest BCUT2D eigenvalue weighted by Gasteiger charge is -2.35. The van der Waals surface area contributed by atoms with Crippen LogP contribution in [0.2, 0.25) is 0 Å². The highest BCUT2D eigenvalue weighted by Gasteiger charge is 2.21. The number of carbonyl (C=O) groups is 1. The van der Waals surface area contributed by atoms with E-state index in [4.69, 9.17) is 0 Å². The molecule has 1 aliphatic heterocycles. The number of nitrogens with one attached hydrogen (secondary N) is 1. The topological polar surface area (TPSA) is 55.8 Å². The molecule has 3 aromatic carbocycles. The van der Waals surface area contributed by atoms with Gasteiger partial charge in [-0.3, -0.25) is 9.69 Å². The van der Waals surface area contributed by atoms with Crippen LogP contribution < -0.4 is 10.2 Å². The summed E-state index contributed by atoms with van der Waals surface area (Å²) in [4.78, 5) is 19.2. The Morgan fingerprint density at radius 3 is 2.30 bits per heavy atom. The monoisotopic (exact) mass is 419 g/mol. The first-order valence-corrected chi connectivity index (χ1v) is 10.9. The third-order valence-corrected chi connectivity index (χ3v) is 6.18. The Bertz CT molecular complexity index is 989.